The number of aromatic nitrogens is 2. The third-order valence-electron chi connectivity index (χ3n) is 2.04. The first-order chi connectivity index (χ1) is 6.02. The summed E-state index contributed by atoms with van der Waals surface area (Å²) in [5.74, 6) is 0. The van der Waals surface area contributed by atoms with Gasteiger partial charge in [-0.15, -0.1) is 0 Å². The number of hydrogen-bond donors (Lipinski definition) is 1. The van der Waals surface area contributed by atoms with Gasteiger partial charge in [-0.25, -0.2) is 4.68 Å². The molecule has 0 unspecified atom stereocenters. The van der Waals surface area contributed by atoms with Crippen molar-refractivity contribution in [3.8, 4) is 0 Å². The van der Waals surface area contributed by atoms with Crippen molar-refractivity contribution in [3.05, 3.63) is 28.2 Å². The van der Waals surface area contributed by atoms with Crippen LogP contribution in [0.3, 0.4) is 0 Å². The fourth-order valence-corrected chi connectivity index (χ4v) is 1.02. The Hall–Kier alpha value is -1.16. The van der Waals surface area contributed by atoms with Crippen molar-refractivity contribution >= 4 is 0 Å². The van der Waals surface area contributed by atoms with Crippen molar-refractivity contribution in [2.24, 2.45) is 0 Å². The summed E-state index contributed by atoms with van der Waals surface area (Å²) in [6.07, 6.45) is -0.577. The van der Waals surface area contributed by atoms with Gasteiger partial charge in [0.2, 0.25) is 0 Å². The molecule has 0 radical (unpaired) electrons. The Labute approximate surface area is 76.8 Å². The number of nitrogens with zero attached hydrogens (tertiary/aromatic N) is 2. The van der Waals surface area contributed by atoms with Gasteiger partial charge in [0, 0.05) is 6.07 Å². The molecule has 0 saturated carbocycles. The first-order valence-corrected chi connectivity index (χ1v) is 4.27. The van der Waals surface area contributed by atoms with Crippen LogP contribution in [0.1, 0.15) is 25.6 Å². The van der Waals surface area contributed by atoms with E-state index in [1.807, 2.05) is 6.92 Å². The van der Waals surface area contributed by atoms with E-state index in [0.717, 1.165) is 5.69 Å². The van der Waals surface area contributed by atoms with E-state index in [4.69, 9.17) is 0 Å². The molecule has 72 valence electrons. The minimum Gasteiger partial charge on any atom is -0.391 e. The predicted octanol–water partition coefficient (Wildman–Crippen LogP) is 0.494. The minimum absolute atomic E-state index is 0.181. The SMILES string of the molecule is Cc1ccc(=O)n([C@H](C)[C@@H](C)O)n1. The molecular weight excluding hydrogens is 168 g/mol. The Balaban J connectivity index is 3.13. The van der Waals surface area contributed by atoms with E-state index >= 15 is 0 Å². The lowest BCUT2D eigenvalue weighted by atomic mass is 10.2. The van der Waals surface area contributed by atoms with Gasteiger partial charge in [0.1, 0.15) is 0 Å². The van der Waals surface area contributed by atoms with E-state index in [1.165, 1.54) is 10.7 Å². The third kappa shape index (κ3) is 2.15. The topological polar surface area (TPSA) is 55.1 Å². The monoisotopic (exact) mass is 182 g/mol. The molecule has 0 amide bonds. The van der Waals surface area contributed by atoms with Crippen LogP contribution in [-0.2, 0) is 0 Å². The molecule has 4 heteroatoms. The summed E-state index contributed by atoms with van der Waals surface area (Å²) in [6, 6.07) is 2.84. The number of aliphatic hydroxyl groups excluding tert-OH is 1. The van der Waals surface area contributed by atoms with E-state index in [0.29, 0.717) is 0 Å². The van der Waals surface area contributed by atoms with E-state index < -0.39 is 6.10 Å². The smallest absolute Gasteiger partial charge is 0.267 e. The van der Waals surface area contributed by atoms with E-state index in [1.54, 1.807) is 19.9 Å². The third-order valence-corrected chi connectivity index (χ3v) is 2.04. The lowest BCUT2D eigenvalue weighted by Gasteiger charge is -2.16. The summed E-state index contributed by atoms with van der Waals surface area (Å²) in [4.78, 5) is 11.3. The Bertz CT molecular complexity index is 344. The molecule has 0 saturated heterocycles. The summed E-state index contributed by atoms with van der Waals surface area (Å²) in [5, 5.41) is 13.3. The van der Waals surface area contributed by atoms with Crippen molar-refractivity contribution < 1.29 is 5.11 Å². The molecule has 0 bridgehead atoms. The van der Waals surface area contributed by atoms with E-state index in [9.17, 15) is 9.90 Å². The largest absolute Gasteiger partial charge is 0.391 e. The van der Waals surface area contributed by atoms with Gasteiger partial charge < -0.3 is 5.11 Å². The lowest BCUT2D eigenvalue weighted by molar-refractivity contribution is 0.129. The van der Waals surface area contributed by atoms with Crippen molar-refractivity contribution in [3.63, 3.8) is 0 Å². The minimum atomic E-state index is -0.577. The molecule has 0 aromatic carbocycles. The molecule has 0 spiro atoms. The van der Waals surface area contributed by atoms with Crippen LogP contribution in [0.25, 0.3) is 0 Å². The van der Waals surface area contributed by atoms with Crippen LogP contribution >= 0.6 is 0 Å². The number of rotatable bonds is 2. The van der Waals surface area contributed by atoms with Crippen molar-refractivity contribution in [1.82, 2.24) is 9.78 Å². The van der Waals surface area contributed by atoms with Crippen LogP contribution in [0.2, 0.25) is 0 Å². The van der Waals surface area contributed by atoms with Crippen LogP contribution in [0, 0.1) is 6.92 Å². The van der Waals surface area contributed by atoms with Crippen molar-refractivity contribution in [2.75, 3.05) is 0 Å². The van der Waals surface area contributed by atoms with E-state index in [-0.39, 0.29) is 11.6 Å². The zero-order valence-electron chi connectivity index (χ0n) is 8.06. The fraction of sp³-hybridized carbons (Fsp3) is 0.556. The highest BCUT2D eigenvalue weighted by atomic mass is 16.3. The predicted molar refractivity (Wildman–Crippen MR) is 49.6 cm³/mol. The molecule has 1 aromatic heterocycles. The maximum absolute atomic E-state index is 11.3. The highest BCUT2D eigenvalue weighted by Crippen LogP contribution is 2.05. The van der Waals surface area contributed by atoms with Gasteiger partial charge >= 0.3 is 0 Å². The van der Waals surface area contributed by atoms with Gasteiger partial charge in [-0.1, -0.05) is 0 Å². The molecule has 0 fully saturated rings. The average molecular weight is 182 g/mol. The zero-order chi connectivity index (χ0) is 10.0. The summed E-state index contributed by atoms with van der Waals surface area (Å²) < 4.78 is 1.31. The second-order valence-corrected chi connectivity index (χ2v) is 3.24. The van der Waals surface area contributed by atoms with Crippen LogP contribution in [-0.4, -0.2) is 21.0 Å². The number of hydrogen-bond acceptors (Lipinski definition) is 3. The Morgan fingerprint density at radius 3 is 2.62 bits per heavy atom. The molecule has 1 aromatic rings. The van der Waals surface area contributed by atoms with Crippen LogP contribution < -0.4 is 5.56 Å². The Morgan fingerprint density at radius 2 is 2.08 bits per heavy atom. The number of aliphatic hydroxyl groups is 1. The summed E-state index contributed by atoms with van der Waals surface area (Å²) in [5.41, 5.74) is 0.589. The van der Waals surface area contributed by atoms with Gasteiger partial charge in [0.15, 0.2) is 0 Å². The molecule has 0 aliphatic carbocycles. The molecule has 2 atom stereocenters. The summed E-state index contributed by atoms with van der Waals surface area (Å²) in [7, 11) is 0. The highest BCUT2D eigenvalue weighted by molar-refractivity contribution is 4.98. The number of aryl methyl sites for hydroxylation is 1. The molecule has 1 heterocycles. The van der Waals surface area contributed by atoms with Gasteiger partial charge in [0.25, 0.3) is 5.56 Å². The Morgan fingerprint density at radius 1 is 1.46 bits per heavy atom. The Kier molecular flexibility index (Phi) is 2.83. The normalized spacial score (nSPS) is 15.4. The summed E-state index contributed by atoms with van der Waals surface area (Å²) >= 11 is 0. The van der Waals surface area contributed by atoms with Crippen LogP contribution in [0.4, 0.5) is 0 Å². The molecule has 1 rings (SSSR count). The van der Waals surface area contributed by atoms with Crippen molar-refractivity contribution in [2.45, 2.75) is 32.9 Å². The average Bonchev–Trinajstić information content (AvgIpc) is 2.08. The molecule has 0 aliphatic heterocycles. The van der Waals surface area contributed by atoms with Gasteiger partial charge in [-0.2, -0.15) is 5.10 Å². The quantitative estimate of drug-likeness (QED) is 0.724. The first-order valence-electron chi connectivity index (χ1n) is 4.27. The van der Waals surface area contributed by atoms with Gasteiger partial charge in [-0.3, -0.25) is 4.79 Å². The second-order valence-electron chi connectivity index (χ2n) is 3.24. The molecule has 1 N–H and O–H groups in total. The fourth-order valence-electron chi connectivity index (χ4n) is 1.02. The first kappa shape index (κ1) is 9.92. The maximum atomic E-state index is 11.3. The van der Waals surface area contributed by atoms with E-state index in [2.05, 4.69) is 5.10 Å². The molecule has 0 aliphatic rings. The van der Waals surface area contributed by atoms with Gasteiger partial charge in [0.05, 0.1) is 17.8 Å². The molecule has 4 nitrogen and oxygen atoms in total. The van der Waals surface area contributed by atoms with Crippen molar-refractivity contribution in [1.29, 1.82) is 0 Å². The molecule has 13 heavy (non-hydrogen) atoms. The maximum Gasteiger partial charge on any atom is 0.267 e. The second kappa shape index (κ2) is 3.70. The standard InChI is InChI=1S/C9H14N2O2/c1-6-4-5-9(13)11(10-6)7(2)8(3)12/h4-5,7-8,12H,1-3H3/t7-,8-/m1/s1. The highest BCUT2D eigenvalue weighted by Gasteiger charge is 2.12. The van der Waals surface area contributed by atoms with Gasteiger partial charge in [-0.05, 0) is 26.8 Å². The zero-order valence-corrected chi connectivity index (χ0v) is 8.06. The lowest BCUT2D eigenvalue weighted by Crippen LogP contribution is -2.31. The molecular formula is C9H14N2O2. The van der Waals surface area contributed by atoms with Crippen LogP contribution in [0.15, 0.2) is 16.9 Å². The van der Waals surface area contributed by atoms with Crippen LogP contribution in [0.5, 0.6) is 0 Å². The summed E-state index contributed by atoms with van der Waals surface area (Å²) in [6.45, 7) is 5.21.